The Morgan fingerprint density at radius 3 is 2.70 bits per heavy atom. The number of aromatic nitrogens is 1. The molecule has 7 nitrogen and oxygen atoms in total. The number of hydrogen-bond donors (Lipinski definition) is 1. The lowest BCUT2D eigenvalue weighted by molar-refractivity contribution is -0.140. The highest BCUT2D eigenvalue weighted by Gasteiger charge is 2.45. The fourth-order valence-corrected chi connectivity index (χ4v) is 4.01. The second kappa shape index (κ2) is 9.07. The van der Waals surface area contributed by atoms with E-state index in [-0.39, 0.29) is 11.8 Å². The molecular weight excluding hydrogens is 380 g/mol. The van der Waals surface area contributed by atoms with Crippen molar-refractivity contribution in [2.45, 2.75) is 44.2 Å². The summed E-state index contributed by atoms with van der Waals surface area (Å²) in [6.07, 6.45) is 6.65. The molecule has 1 spiro atoms. The summed E-state index contributed by atoms with van der Waals surface area (Å²) in [6.45, 7) is 1.62. The molecule has 1 fully saturated rings. The maximum atomic E-state index is 12.7. The molecule has 2 amide bonds. The van der Waals surface area contributed by atoms with E-state index in [4.69, 9.17) is 4.84 Å². The Kier molecular flexibility index (Phi) is 6.07. The Hall–Kier alpha value is -3.22. The standard InChI is InChI=1S/C23H26N4O3/c28-21(8-7-18-5-2-1-3-6-18)27-14-4-11-23(17-27)15-20(26-30-23)22(29)25-16-19-9-12-24-13-10-19/h1-3,5-6,9-10,12-13H,4,7-8,11,14-17H2,(H,25,29). The van der Waals surface area contributed by atoms with E-state index in [0.29, 0.717) is 31.6 Å². The fourth-order valence-electron chi connectivity index (χ4n) is 4.01. The molecule has 0 saturated carbocycles. The van der Waals surface area contributed by atoms with Gasteiger partial charge in [0.15, 0.2) is 5.60 Å². The Balaban J connectivity index is 1.28. The average Bonchev–Trinajstić information content (AvgIpc) is 3.20. The van der Waals surface area contributed by atoms with E-state index < -0.39 is 5.60 Å². The third-order valence-electron chi connectivity index (χ3n) is 5.67. The summed E-state index contributed by atoms with van der Waals surface area (Å²) in [6, 6.07) is 13.7. The number of rotatable bonds is 6. The van der Waals surface area contributed by atoms with Crippen LogP contribution in [0.25, 0.3) is 0 Å². The topological polar surface area (TPSA) is 83.9 Å². The molecule has 1 aromatic heterocycles. The number of nitrogens with one attached hydrogen (secondary N) is 1. The van der Waals surface area contributed by atoms with Gasteiger partial charge in [0.05, 0.1) is 6.54 Å². The highest BCUT2D eigenvalue weighted by molar-refractivity contribution is 6.39. The number of piperidine rings is 1. The molecule has 2 aliphatic rings. The van der Waals surface area contributed by atoms with Crippen LogP contribution in [0.4, 0.5) is 0 Å². The molecule has 1 aromatic carbocycles. The van der Waals surface area contributed by atoms with Crippen molar-refractivity contribution >= 4 is 17.5 Å². The monoisotopic (exact) mass is 406 g/mol. The lowest BCUT2D eigenvalue weighted by Gasteiger charge is -2.38. The molecule has 2 aromatic rings. The summed E-state index contributed by atoms with van der Waals surface area (Å²) in [5.41, 5.74) is 1.94. The van der Waals surface area contributed by atoms with Crippen LogP contribution in [0.15, 0.2) is 60.0 Å². The lowest BCUT2D eigenvalue weighted by atomic mass is 9.87. The first kappa shape index (κ1) is 20.1. The number of pyridine rings is 1. The molecule has 4 rings (SSSR count). The van der Waals surface area contributed by atoms with Crippen LogP contribution in [-0.4, -0.2) is 46.1 Å². The number of carbonyl (C=O) groups is 2. The molecule has 0 bridgehead atoms. The van der Waals surface area contributed by atoms with Crippen LogP contribution in [0.3, 0.4) is 0 Å². The highest BCUT2D eigenvalue weighted by Crippen LogP contribution is 2.33. The van der Waals surface area contributed by atoms with Crippen LogP contribution in [0.2, 0.25) is 0 Å². The van der Waals surface area contributed by atoms with Crippen LogP contribution in [0.1, 0.15) is 36.8 Å². The fraction of sp³-hybridized carbons (Fsp3) is 0.391. The lowest BCUT2D eigenvalue weighted by Crippen LogP contribution is -2.51. The van der Waals surface area contributed by atoms with Crippen molar-refractivity contribution in [3.8, 4) is 0 Å². The summed E-state index contributed by atoms with van der Waals surface area (Å²) in [5.74, 6) is -0.103. The molecular formula is C23H26N4O3. The first-order valence-corrected chi connectivity index (χ1v) is 10.4. The van der Waals surface area contributed by atoms with Gasteiger partial charge in [-0.05, 0) is 42.5 Å². The predicted octanol–water partition coefficient (Wildman–Crippen LogP) is 2.47. The predicted molar refractivity (Wildman–Crippen MR) is 113 cm³/mol. The normalized spacial score (nSPS) is 20.5. The van der Waals surface area contributed by atoms with E-state index in [2.05, 4.69) is 15.5 Å². The molecule has 3 heterocycles. The molecule has 1 N–H and O–H groups in total. The Bertz CT molecular complexity index is 917. The smallest absolute Gasteiger partial charge is 0.269 e. The van der Waals surface area contributed by atoms with Crippen molar-refractivity contribution in [1.82, 2.24) is 15.2 Å². The SMILES string of the molecule is O=C(NCc1ccncc1)C1=NOC2(CCCN(C(=O)CCc3ccccc3)C2)C1. The van der Waals surface area contributed by atoms with Gasteiger partial charge in [-0.15, -0.1) is 0 Å². The minimum absolute atomic E-state index is 0.122. The molecule has 0 radical (unpaired) electrons. The number of oxime groups is 1. The molecule has 0 aliphatic carbocycles. The summed E-state index contributed by atoms with van der Waals surface area (Å²) in [5, 5.41) is 6.94. The minimum atomic E-state index is -0.579. The summed E-state index contributed by atoms with van der Waals surface area (Å²) < 4.78 is 0. The third kappa shape index (κ3) is 4.84. The molecule has 1 saturated heterocycles. The number of amides is 2. The van der Waals surface area contributed by atoms with E-state index >= 15 is 0 Å². The zero-order chi connectivity index (χ0) is 20.8. The summed E-state index contributed by atoms with van der Waals surface area (Å²) in [4.78, 5) is 36.8. The van der Waals surface area contributed by atoms with Crippen LogP contribution in [0.5, 0.6) is 0 Å². The van der Waals surface area contributed by atoms with Crippen LogP contribution >= 0.6 is 0 Å². The van der Waals surface area contributed by atoms with Crippen molar-refractivity contribution in [2.24, 2.45) is 5.16 Å². The van der Waals surface area contributed by atoms with Crippen LogP contribution in [0, 0.1) is 0 Å². The second-order valence-electron chi connectivity index (χ2n) is 7.93. The van der Waals surface area contributed by atoms with Gasteiger partial charge in [-0.1, -0.05) is 35.5 Å². The van der Waals surface area contributed by atoms with Crippen molar-refractivity contribution in [2.75, 3.05) is 13.1 Å². The van der Waals surface area contributed by atoms with Gasteiger partial charge in [0.1, 0.15) is 5.71 Å². The number of hydrogen-bond acceptors (Lipinski definition) is 5. The number of likely N-dealkylation sites (tertiary alicyclic amines) is 1. The van der Waals surface area contributed by atoms with Gasteiger partial charge >= 0.3 is 0 Å². The van der Waals surface area contributed by atoms with Gasteiger partial charge in [0.2, 0.25) is 5.91 Å². The Labute approximate surface area is 176 Å². The Morgan fingerprint density at radius 2 is 1.90 bits per heavy atom. The van der Waals surface area contributed by atoms with Gasteiger partial charge in [-0.2, -0.15) is 0 Å². The molecule has 156 valence electrons. The molecule has 1 atom stereocenters. The number of aryl methyl sites for hydroxylation is 1. The highest BCUT2D eigenvalue weighted by atomic mass is 16.7. The quantitative estimate of drug-likeness (QED) is 0.799. The van der Waals surface area contributed by atoms with Gasteiger partial charge in [-0.3, -0.25) is 14.6 Å². The van der Waals surface area contributed by atoms with E-state index in [9.17, 15) is 9.59 Å². The molecule has 1 unspecified atom stereocenters. The average molecular weight is 406 g/mol. The van der Waals surface area contributed by atoms with Gasteiger partial charge in [0.25, 0.3) is 5.91 Å². The van der Waals surface area contributed by atoms with Gasteiger partial charge in [0, 0.05) is 38.3 Å². The van der Waals surface area contributed by atoms with E-state index in [1.54, 1.807) is 12.4 Å². The van der Waals surface area contributed by atoms with Gasteiger partial charge < -0.3 is 15.1 Å². The van der Waals surface area contributed by atoms with E-state index in [0.717, 1.165) is 36.9 Å². The molecule has 2 aliphatic heterocycles. The van der Waals surface area contributed by atoms with Crippen LogP contribution < -0.4 is 5.32 Å². The first-order valence-electron chi connectivity index (χ1n) is 10.4. The molecule has 30 heavy (non-hydrogen) atoms. The van der Waals surface area contributed by atoms with Gasteiger partial charge in [-0.25, -0.2) is 0 Å². The van der Waals surface area contributed by atoms with Crippen molar-refractivity contribution in [3.63, 3.8) is 0 Å². The second-order valence-corrected chi connectivity index (χ2v) is 7.93. The number of nitrogens with zero attached hydrogens (tertiary/aromatic N) is 3. The van der Waals surface area contributed by atoms with E-state index in [1.807, 2.05) is 47.4 Å². The van der Waals surface area contributed by atoms with Crippen molar-refractivity contribution in [1.29, 1.82) is 0 Å². The molecule has 7 heteroatoms. The number of carbonyl (C=O) groups excluding carboxylic acids is 2. The zero-order valence-corrected chi connectivity index (χ0v) is 16.9. The van der Waals surface area contributed by atoms with E-state index in [1.165, 1.54) is 0 Å². The van der Waals surface area contributed by atoms with Crippen molar-refractivity contribution in [3.05, 3.63) is 66.0 Å². The maximum Gasteiger partial charge on any atom is 0.269 e. The third-order valence-corrected chi connectivity index (χ3v) is 5.67. The largest absolute Gasteiger partial charge is 0.386 e. The number of benzene rings is 1. The summed E-state index contributed by atoms with van der Waals surface area (Å²) >= 11 is 0. The van der Waals surface area contributed by atoms with Crippen LogP contribution in [-0.2, 0) is 27.4 Å². The zero-order valence-electron chi connectivity index (χ0n) is 16.9. The minimum Gasteiger partial charge on any atom is -0.386 e. The maximum absolute atomic E-state index is 12.7. The Morgan fingerprint density at radius 1 is 1.10 bits per heavy atom. The first-order chi connectivity index (χ1) is 14.6. The summed E-state index contributed by atoms with van der Waals surface area (Å²) in [7, 11) is 0. The van der Waals surface area contributed by atoms with Crippen molar-refractivity contribution < 1.29 is 14.4 Å².